The molecule has 3 saturated carbocycles. The number of rotatable bonds is 0. The van der Waals surface area contributed by atoms with Gasteiger partial charge < -0.3 is 0 Å². The summed E-state index contributed by atoms with van der Waals surface area (Å²) in [6.45, 7) is 23.9. The van der Waals surface area contributed by atoms with E-state index in [2.05, 4.69) is 34.6 Å². The van der Waals surface area contributed by atoms with E-state index in [4.69, 9.17) is 0 Å². The Kier molecular flexibility index (Phi) is 30.2. The topological polar surface area (TPSA) is 0 Å². The third kappa shape index (κ3) is 21.0. The third-order valence-corrected chi connectivity index (χ3v) is 6.97. The van der Waals surface area contributed by atoms with Crippen LogP contribution >= 0.6 is 0 Å². The molecule has 0 spiro atoms. The zero-order chi connectivity index (χ0) is 23.1. The zero-order valence-corrected chi connectivity index (χ0v) is 23.1. The SMILES string of the molecule is CC.CC.CC.CC1CCCCC1.C[C@H]1CCCC[C@@H]1C.C[C@H]1CCCC[C@@H]1C. The lowest BCUT2D eigenvalue weighted by Crippen LogP contribution is -2.12. The molecule has 0 radical (unpaired) electrons. The minimum atomic E-state index is 1.00. The van der Waals surface area contributed by atoms with E-state index in [1.165, 1.54) is 83.5 Å². The third-order valence-electron chi connectivity index (χ3n) is 6.97. The molecule has 0 aliphatic heterocycles. The molecule has 0 N–H and O–H groups in total. The molecule has 3 rings (SSSR count). The van der Waals surface area contributed by atoms with E-state index < -0.39 is 0 Å². The Morgan fingerprint density at radius 3 is 0.655 bits per heavy atom. The molecule has 0 saturated heterocycles. The van der Waals surface area contributed by atoms with Crippen LogP contribution in [0.25, 0.3) is 0 Å². The van der Waals surface area contributed by atoms with E-state index in [0.717, 1.165) is 29.6 Å². The summed E-state index contributed by atoms with van der Waals surface area (Å²) in [5.41, 5.74) is 0. The molecule has 0 heterocycles. The summed E-state index contributed by atoms with van der Waals surface area (Å²) in [6.07, 6.45) is 19.2. The van der Waals surface area contributed by atoms with Gasteiger partial charge in [0.25, 0.3) is 0 Å². The lowest BCUT2D eigenvalue weighted by atomic mass is 9.82. The average Bonchev–Trinajstić information content (AvgIpc) is 2.78. The molecule has 0 nitrogen and oxygen atoms in total. The normalized spacial score (nSPS) is 28.7. The van der Waals surface area contributed by atoms with Crippen LogP contribution in [0.15, 0.2) is 0 Å². The fourth-order valence-electron chi connectivity index (χ4n) is 4.31. The van der Waals surface area contributed by atoms with Crippen LogP contribution in [0.2, 0.25) is 0 Å². The quantitative estimate of drug-likeness (QED) is 0.371. The van der Waals surface area contributed by atoms with E-state index >= 15 is 0 Å². The van der Waals surface area contributed by atoms with Gasteiger partial charge in [0, 0.05) is 0 Å². The van der Waals surface area contributed by atoms with Gasteiger partial charge in [0.2, 0.25) is 0 Å². The Balaban J connectivity index is -0.000000310. The molecule has 3 aliphatic carbocycles. The fraction of sp³-hybridized carbons (Fsp3) is 1.00. The molecule has 0 heteroatoms. The number of hydrogen-bond donors (Lipinski definition) is 0. The summed E-state index contributed by atoms with van der Waals surface area (Å²) < 4.78 is 0. The van der Waals surface area contributed by atoms with Crippen molar-refractivity contribution >= 4 is 0 Å². The smallest absolute Gasteiger partial charge is 0.0417 e. The molecular weight excluding hydrogens is 348 g/mol. The molecule has 0 unspecified atom stereocenters. The van der Waals surface area contributed by atoms with Crippen LogP contribution in [0.5, 0.6) is 0 Å². The summed E-state index contributed by atoms with van der Waals surface area (Å²) >= 11 is 0. The van der Waals surface area contributed by atoms with Crippen molar-refractivity contribution in [1.29, 1.82) is 0 Å². The molecular formula is C29H64. The van der Waals surface area contributed by atoms with Gasteiger partial charge in [0.05, 0.1) is 0 Å². The maximum Gasteiger partial charge on any atom is -0.0417 e. The second-order valence-corrected chi connectivity index (χ2v) is 9.22. The minimum Gasteiger partial charge on any atom is -0.0683 e. The Morgan fingerprint density at radius 2 is 0.517 bits per heavy atom. The van der Waals surface area contributed by atoms with Gasteiger partial charge in [-0.05, 0) is 29.6 Å². The lowest BCUT2D eigenvalue weighted by molar-refractivity contribution is 0.277. The van der Waals surface area contributed by atoms with E-state index in [-0.39, 0.29) is 0 Å². The minimum absolute atomic E-state index is 1.00. The summed E-state index contributed by atoms with van der Waals surface area (Å²) in [4.78, 5) is 0. The molecule has 0 aromatic carbocycles. The first-order valence-corrected chi connectivity index (χ1v) is 14.0. The van der Waals surface area contributed by atoms with Crippen LogP contribution in [0.4, 0.5) is 0 Å². The van der Waals surface area contributed by atoms with Crippen molar-refractivity contribution in [2.24, 2.45) is 29.6 Å². The van der Waals surface area contributed by atoms with Gasteiger partial charge in [0.1, 0.15) is 0 Å². The Labute approximate surface area is 189 Å². The van der Waals surface area contributed by atoms with Crippen molar-refractivity contribution in [2.45, 2.75) is 160 Å². The van der Waals surface area contributed by atoms with Crippen molar-refractivity contribution in [1.82, 2.24) is 0 Å². The molecule has 0 aromatic rings. The second kappa shape index (κ2) is 26.0. The van der Waals surface area contributed by atoms with Gasteiger partial charge in [-0.25, -0.2) is 0 Å². The van der Waals surface area contributed by atoms with Gasteiger partial charge in [-0.3, -0.25) is 0 Å². The molecule has 3 fully saturated rings. The first-order valence-electron chi connectivity index (χ1n) is 14.0. The van der Waals surface area contributed by atoms with Crippen LogP contribution in [0.1, 0.15) is 160 Å². The first-order chi connectivity index (χ1) is 14.0. The van der Waals surface area contributed by atoms with Crippen LogP contribution in [0.3, 0.4) is 0 Å². The van der Waals surface area contributed by atoms with Crippen LogP contribution in [0, 0.1) is 29.6 Å². The zero-order valence-electron chi connectivity index (χ0n) is 23.1. The van der Waals surface area contributed by atoms with E-state index in [1.807, 2.05) is 41.5 Å². The van der Waals surface area contributed by atoms with Gasteiger partial charge in [0.15, 0.2) is 0 Å². The van der Waals surface area contributed by atoms with Crippen LogP contribution in [-0.4, -0.2) is 0 Å². The van der Waals surface area contributed by atoms with Crippen molar-refractivity contribution in [3.05, 3.63) is 0 Å². The van der Waals surface area contributed by atoms with Gasteiger partial charge in [-0.2, -0.15) is 0 Å². The van der Waals surface area contributed by atoms with Crippen LogP contribution in [-0.2, 0) is 0 Å². The molecule has 0 amide bonds. The Hall–Kier alpha value is 0. The van der Waals surface area contributed by atoms with Gasteiger partial charge in [-0.1, -0.05) is 160 Å². The maximum absolute atomic E-state index is 2.38. The Bertz CT molecular complexity index is 223. The first kappa shape index (κ1) is 33.6. The fourth-order valence-corrected chi connectivity index (χ4v) is 4.31. The standard InChI is InChI=1S/2C8H16.C7H14.3C2H6/c2*1-7-5-3-4-6-8(7)2;1-7-5-3-2-4-6-7;3*1-2/h2*7-8H,3-6H2,1-2H3;7H,2-6H2,1H3;3*1-2H3/t2*7-,8-;;;;/m00..../s1. The largest absolute Gasteiger partial charge is 0.0683 e. The highest BCUT2D eigenvalue weighted by atomic mass is 14.2. The average molecular weight is 413 g/mol. The monoisotopic (exact) mass is 413 g/mol. The van der Waals surface area contributed by atoms with Crippen molar-refractivity contribution in [3.8, 4) is 0 Å². The summed E-state index contributed by atoms with van der Waals surface area (Å²) in [7, 11) is 0. The van der Waals surface area contributed by atoms with Gasteiger partial charge in [-0.15, -0.1) is 0 Å². The predicted octanol–water partition coefficient (Wildman–Crippen LogP) is 11.3. The molecule has 29 heavy (non-hydrogen) atoms. The van der Waals surface area contributed by atoms with Gasteiger partial charge >= 0.3 is 0 Å². The van der Waals surface area contributed by atoms with E-state index in [9.17, 15) is 0 Å². The van der Waals surface area contributed by atoms with Crippen molar-refractivity contribution < 1.29 is 0 Å². The Morgan fingerprint density at radius 1 is 0.310 bits per heavy atom. The summed E-state index contributed by atoms with van der Waals surface area (Å²) in [6, 6.07) is 0. The molecule has 4 atom stereocenters. The summed E-state index contributed by atoms with van der Waals surface area (Å²) in [5.74, 6) is 5.05. The van der Waals surface area contributed by atoms with E-state index in [0.29, 0.717) is 0 Å². The van der Waals surface area contributed by atoms with Crippen molar-refractivity contribution in [2.75, 3.05) is 0 Å². The van der Waals surface area contributed by atoms with Crippen molar-refractivity contribution in [3.63, 3.8) is 0 Å². The lowest BCUT2D eigenvalue weighted by Gasteiger charge is -2.24. The molecule has 180 valence electrons. The molecule has 0 aromatic heterocycles. The molecule has 3 aliphatic rings. The second-order valence-electron chi connectivity index (χ2n) is 9.22. The highest BCUT2D eigenvalue weighted by molar-refractivity contribution is 4.68. The predicted molar refractivity (Wildman–Crippen MR) is 140 cm³/mol. The summed E-state index contributed by atoms with van der Waals surface area (Å²) in [5, 5.41) is 0. The highest BCUT2D eigenvalue weighted by Crippen LogP contribution is 2.29. The number of hydrogen-bond acceptors (Lipinski definition) is 0. The maximum atomic E-state index is 2.38. The molecule has 0 bridgehead atoms. The van der Waals surface area contributed by atoms with E-state index in [1.54, 1.807) is 0 Å². The van der Waals surface area contributed by atoms with Crippen LogP contribution < -0.4 is 0 Å². The highest BCUT2D eigenvalue weighted by Gasteiger charge is 2.16.